The number of nitrogens with zero attached hydrogens (tertiary/aromatic N) is 1. The van der Waals surface area contributed by atoms with E-state index in [0.717, 1.165) is 5.56 Å². The van der Waals surface area contributed by atoms with Gasteiger partial charge in [0.2, 0.25) is 0 Å². The molecule has 0 radical (unpaired) electrons. The van der Waals surface area contributed by atoms with Crippen LogP contribution in [0, 0.1) is 5.82 Å². The third-order valence-corrected chi connectivity index (χ3v) is 6.85. The second-order valence-corrected chi connectivity index (χ2v) is 11.2. The molecule has 0 saturated heterocycles. The highest BCUT2D eigenvalue weighted by Crippen LogP contribution is 2.37. The van der Waals surface area contributed by atoms with E-state index in [-0.39, 0.29) is 31.0 Å². The van der Waals surface area contributed by atoms with E-state index in [1.54, 1.807) is 52.1 Å². The minimum absolute atomic E-state index is 0.107. The average molecular weight is 582 g/mol. The number of halogens is 2. The summed E-state index contributed by atoms with van der Waals surface area (Å²) in [6.07, 6.45) is -0.738. The van der Waals surface area contributed by atoms with Crippen LogP contribution in [0.1, 0.15) is 36.7 Å². The summed E-state index contributed by atoms with van der Waals surface area (Å²) in [4.78, 5) is 40.9. The van der Waals surface area contributed by atoms with Crippen LogP contribution in [0.15, 0.2) is 41.3 Å². The number of nitrogens with one attached hydrogen (secondary N) is 2. The zero-order valence-electron chi connectivity index (χ0n) is 22.3. The Morgan fingerprint density at radius 3 is 2.54 bits per heavy atom. The Bertz CT molecular complexity index is 1180. The average Bonchev–Trinajstić information content (AvgIpc) is 2.97. The lowest BCUT2D eigenvalue weighted by atomic mass is 10.1. The molecule has 0 unspecified atom stereocenters. The van der Waals surface area contributed by atoms with E-state index in [4.69, 9.17) is 25.8 Å². The number of fused-ring (bicyclic) bond motifs is 1. The number of ether oxygens (including phenoxy) is 3. The molecule has 2 N–H and O–H groups in total. The van der Waals surface area contributed by atoms with Crippen molar-refractivity contribution in [3.63, 3.8) is 0 Å². The van der Waals surface area contributed by atoms with Crippen molar-refractivity contribution >= 4 is 47.0 Å². The number of alkyl carbamates (subject to hydrolysis) is 1. The SMILES string of the molecule is COCCOCCNC(=O)c1cc2c(cc1F)SC[C@H](NC(=O)OC(C)(C)C)C(=O)N2Cc1ccc(Cl)cc1. The summed E-state index contributed by atoms with van der Waals surface area (Å²) in [5, 5.41) is 5.81. The summed E-state index contributed by atoms with van der Waals surface area (Å²) < 4.78 is 30.7. The molecule has 2 aromatic rings. The third-order valence-electron chi connectivity index (χ3n) is 5.46. The molecule has 0 bridgehead atoms. The van der Waals surface area contributed by atoms with Crippen LogP contribution in [0.3, 0.4) is 0 Å². The van der Waals surface area contributed by atoms with Crippen molar-refractivity contribution in [1.29, 1.82) is 0 Å². The van der Waals surface area contributed by atoms with Gasteiger partial charge in [-0.05, 0) is 50.6 Å². The number of hydrogen-bond donors (Lipinski definition) is 2. The Hall–Kier alpha value is -2.86. The molecule has 1 aliphatic heterocycles. The predicted molar refractivity (Wildman–Crippen MR) is 148 cm³/mol. The zero-order chi connectivity index (χ0) is 28.6. The lowest BCUT2D eigenvalue weighted by molar-refractivity contribution is -0.120. The molecule has 0 spiro atoms. The molecule has 0 fully saturated rings. The molecule has 1 atom stereocenters. The summed E-state index contributed by atoms with van der Waals surface area (Å²) in [5.74, 6) is -1.64. The smallest absolute Gasteiger partial charge is 0.408 e. The number of carbonyl (C=O) groups is 3. The molecule has 1 aliphatic rings. The molecule has 39 heavy (non-hydrogen) atoms. The Labute approximate surface area is 236 Å². The van der Waals surface area contributed by atoms with Gasteiger partial charge in [-0.25, -0.2) is 9.18 Å². The van der Waals surface area contributed by atoms with Crippen molar-refractivity contribution in [2.45, 2.75) is 43.9 Å². The number of carbonyl (C=O) groups excluding carboxylic acids is 3. The Kier molecular flexibility index (Phi) is 11.0. The molecule has 212 valence electrons. The van der Waals surface area contributed by atoms with Gasteiger partial charge in [-0.2, -0.15) is 0 Å². The number of thioether (sulfide) groups is 1. The van der Waals surface area contributed by atoms with Gasteiger partial charge in [-0.15, -0.1) is 11.8 Å². The fraction of sp³-hybridized carbons (Fsp3) is 0.444. The lowest BCUT2D eigenvalue weighted by Gasteiger charge is -2.27. The van der Waals surface area contributed by atoms with Crippen LogP contribution in [-0.2, 0) is 25.5 Å². The van der Waals surface area contributed by atoms with Gasteiger partial charge in [0.1, 0.15) is 17.5 Å². The van der Waals surface area contributed by atoms with Gasteiger partial charge in [0.15, 0.2) is 0 Å². The minimum atomic E-state index is -0.950. The van der Waals surface area contributed by atoms with Gasteiger partial charge < -0.3 is 29.7 Å². The molecular formula is C27H33ClFN3O6S. The van der Waals surface area contributed by atoms with Crippen molar-refractivity contribution in [3.05, 3.63) is 58.4 Å². The largest absolute Gasteiger partial charge is 0.444 e. The zero-order valence-corrected chi connectivity index (χ0v) is 23.9. The maximum atomic E-state index is 15.1. The summed E-state index contributed by atoms with van der Waals surface area (Å²) >= 11 is 7.23. The van der Waals surface area contributed by atoms with E-state index in [1.807, 2.05) is 0 Å². The summed E-state index contributed by atoms with van der Waals surface area (Å²) in [6.45, 7) is 6.47. The summed E-state index contributed by atoms with van der Waals surface area (Å²) in [5.41, 5.74) is 0.150. The standard InChI is InChI=1S/C27H33ClFN3O6S/c1-27(2,3)38-26(35)31-21-16-39-23-14-20(29)19(24(33)30-9-10-37-12-11-36-4)13-22(23)32(25(21)34)15-17-5-7-18(28)8-6-17/h5-8,13-14,21H,9-12,15-16H2,1-4H3,(H,30,33)(H,31,35)/t21-/m0/s1. The maximum absolute atomic E-state index is 15.1. The number of rotatable bonds is 10. The quantitative estimate of drug-likeness (QED) is 0.401. The number of amides is 3. The van der Waals surface area contributed by atoms with Crippen molar-refractivity contribution < 1.29 is 33.0 Å². The summed E-state index contributed by atoms with van der Waals surface area (Å²) in [7, 11) is 1.56. The van der Waals surface area contributed by atoms with E-state index in [9.17, 15) is 14.4 Å². The highest BCUT2D eigenvalue weighted by atomic mass is 35.5. The molecule has 3 amide bonds. The van der Waals surface area contributed by atoms with Crippen molar-refractivity contribution in [2.24, 2.45) is 0 Å². The van der Waals surface area contributed by atoms with Gasteiger partial charge in [0, 0.05) is 29.3 Å². The van der Waals surface area contributed by atoms with Crippen molar-refractivity contribution in [3.8, 4) is 0 Å². The highest BCUT2D eigenvalue weighted by molar-refractivity contribution is 7.99. The van der Waals surface area contributed by atoms with Crippen LogP contribution in [0.2, 0.25) is 5.02 Å². The first-order chi connectivity index (χ1) is 18.5. The molecule has 0 saturated carbocycles. The minimum Gasteiger partial charge on any atom is -0.444 e. The van der Waals surface area contributed by atoms with Gasteiger partial charge >= 0.3 is 6.09 Å². The van der Waals surface area contributed by atoms with Gasteiger partial charge in [-0.1, -0.05) is 23.7 Å². The predicted octanol–water partition coefficient (Wildman–Crippen LogP) is 4.40. The number of hydrogen-bond acceptors (Lipinski definition) is 7. The molecular weight excluding hydrogens is 549 g/mol. The normalized spacial score (nSPS) is 15.4. The van der Waals surface area contributed by atoms with E-state index in [2.05, 4.69) is 10.6 Å². The molecule has 0 aromatic heterocycles. The maximum Gasteiger partial charge on any atom is 0.408 e. The van der Waals surface area contributed by atoms with Crippen LogP contribution in [-0.4, -0.2) is 68.8 Å². The fourth-order valence-electron chi connectivity index (χ4n) is 3.66. The third kappa shape index (κ3) is 9.10. The monoisotopic (exact) mass is 581 g/mol. The Balaban J connectivity index is 1.88. The van der Waals surface area contributed by atoms with Crippen LogP contribution in [0.4, 0.5) is 14.9 Å². The fourth-order valence-corrected chi connectivity index (χ4v) is 4.86. The molecule has 0 aliphatic carbocycles. The Morgan fingerprint density at radius 2 is 1.87 bits per heavy atom. The molecule has 2 aromatic carbocycles. The van der Waals surface area contributed by atoms with E-state index in [0.29, 0.717) is 28.8 Å². The first kappa shape index (κ1) is 30.7. The van der Waals surface area contributed by atoms with Crippen LogP contribution in [0.5, 0.6) is 0 Å². The lowest BCUT2D eigenvalue weighted by Crippen LogP contribution is -2.50. The van der Waals surface area contributed by atoms with Crippen molar-refractivity contribution in [2.75, 3.05) is 44.1 Å². The van der Waals surface area contributed by atoms with Crippen molar-refractivity contribution in [1.82, 2.24) is 10.6 Å². The van der Waals surface area contributed by atoms with Gasteiger partial charge in [-0.3, -0.25) is 9.59 Å². The van der Waals surface area contributed by atoms with Gasteiger partial charge in [0.05, 0.1) is 37.6 Å². The highest BCUT2D eigenvalue weighted by Gasteiger charge is 2.34. The Morgan fingerprint density at radius 1 is 1.15 bits per heavy atom. The van der Waals surface area contributed by atoms with Crippen LogP contribution in [0.25, 0.3) is 0 Å². The van der Waals surface area contributed by atoms with Crippen LogP contribution < -0.4 is 15.5 Å². The molecule has 12 heteroatoms. The molecule has 1 heterocycles. The second kappa shape index (κ2) is 14.0. The number of methoxy groups -OCH3 is 1. The molecule has 9 nitrogen and oxygen atoms in total. The van der Waals surface area contributed by atoms with E-state index in [1.165, 1.54) is 28.8 Å². The van der Waals surface area contributed by atoms with E-state index < -0.39 is 35.4 Å². The first-order valence-electron chi connectivity index (χ1n) is 12.3. The first-order valence-corrected chi connectivity index (χ1v) is 13.7. The van der Waals surface area contributed by atoms with Gasteiger partial charge in [0.25, 0.3) is 11.8 Å². The van der Waals surface area contributed by atoms with Crippen LogP contribution >= 0.6 is 23.4 Å². The topological polar surface area (TPSA) is 106 Å². The summed E-state index contributed by atoms with van der Waals surface area (Å²) in [6, 6.07) is 8.58. The molecule has 3 rings (SSSR count). The second-order valence-electron chi connectivity index (χ2n) is 9.72. The van der Waals surface area contributed by atoms with E-state index >= 15 is 4.39 Å². The number of anilines is 1. The number of benzene rings is 2.